The van der Waals surface area contributed by atoms with Crippen molar-refractivity contribution in [2.45, 2.75) is 52.4 Å². The summed E-state index contributed by atoms with van der Waals surface area (Å²) in [7, 11) is 0. The van der Waals surface area contributed by atoms with Crippen LogP contribution in [0.4, 0.5) is 0 Å². The molecule has 58 valence electrons. The second kappa shape index (κ2) is 1.78. The van der Waals surface area contributed by atoms with Gasteiger partial charge in [0.1, 0.15) is 0 Å². The van der Waals surface area contributed by atoms with E-state index in [-0.39, 0.29) is 0 Å². The highest BCUT2D eigenvalue weighted by molar-refractivity contribution is 5.03. The van der Waals surface area contributed by atoms with Crippen LogP contribution in [0.2, 0.25) is 0 Å². The Morgan fingerprint density at radius 3 is 2.30 bits per heavy atom. The quantitative estimate of drug-likeness (QED) is 0.521. The topological polar surface area (TPSA) is 0 Å². The molecule has 0 radical (unpaired) electrons. The van der Waals surface area contributed by atoms with Gasteiger partial charge < -0.3 is 0 Å². The van der Waals surface area contributed by atoms with Gasteiger partial charge in [0.2, 0.25) is 0 Å². The molecule has 2 bridgehead atoms. The molecule has 0 spiro atoms. The zero-order valence-corrected chi connectivity index (χ0v) is 7.24. The predicted molar refractivity (Wildman–Crippen MR) is 43.9 cm³/mol. The molecule has 0 aromatic carbocycles. The first-order chi connectivity index (χ1) is 4.68. The Hall–Kier alpha value is 0. The molecule has 3 rings (SSSR count). The summed E-state index contributed by atoms with van der Waals surface area (Å²) < 4.78 is 0. The molecular formula is C10H18. The number of hydrogen-bond donors (Lipinski definition) is 0. The third-order valence-electron chi connectivity index (χ3n) is 3.84. The number of hydrogen-bond acceptors (Lipinski definition) is 0. The van der Waals surface area contributed by atoms with Crippen molar-refractivity contribution in [2.24, 2.45) is 10.8 Å². The third-order valence-corrected chi connectivity index (χ3v) is 3.84. The Kier molecular flexibility index (Phi) is 1.19. The Bertz CT molecular complexity index is 140. The molecule has 0 N–H and O–H groups in total. The van der Waals surface area contributed by atoms with Gasteiger partial charge in [0.05, 0.1) is 0 Å². The van der Waals surface area contributed by atoms with E-state index in [2.05, 4.69) is 13.8 Å². The summed E-state index contributed by atoms with van der Waals surface area (Å²) in [6, 6.07) is 0. The molecule has 3 aliphatic rings. The number of fused-ring (bicyclic) bond motifs is 2. The van der Waals surface area contributed by atoms with Gasteiger partial charge in [0, 0.05) is 0 Å². The Labute approximate surface area is 64.0 Å². The van der Waals surface area contributed by atoms with Crippen molar-refractivity contribution in [1.29, 1.82) is 0 Å². The summed E-state index contributed by atoms with van der Waals surface area (Å²) in [5, 5.41) is 0. The van der Waals surface area contributed by atoms with Gasteiger partial charge in [0.25, 0.3) is 0 Å². The minimum Gasteiger partial charge on any atom is -0.0649 e. The summed E-state index contributed by atoms with van der Waals surface area (Å²) in [6.07, 6.45) is 9.05. The van der Waals surface area contributed by atoms with Crippen molar-refractivity contribution in [3.8, 4) is 0 Å². The zero-order chi connectivity index (χ0) is 7.24. The Morgan fingerprint density at radius 1 is 1.20 bits per heavy atom. The van der Waals surface area contributed by atoms with Crippen molar-refractivity contribution in [1.82, 2.24) is 0 Å². The molecule has 0 aromatic rings. The van der Waals surface area contributed by atoms with E-state index in [1.807, 2.05) is 0 Å². The maximum absolute atomic E-state index is 2.47. The molecule has 3 fully saturated rings. The first kappa shape index (κ1) is 6.69. The van der Waals surface area contributed by atoms with Gasteiger partial charge >= 0.3 is 0 Å². The highest BCUT2D eigenvalue weighted by atomic mass is 14.6. The SMILES string of the molecule is CCC12CCCC(C)(C1)C2. The summed E-state index contributed by atoms with van der Waals surface area (Å²) in [4.78, 5) is 0. The molecule has 0 amide bonds. The van der Waals surface area contributed by atoms with Gasteiger partial charge in [-0.2, -0.15) is 0 Å². The Morgan fingerprint density at radius 2 is 1.90 bits per heavy atom. The third kappa shape index (κ3) is 0.741. The summed E-state index contributed by atoms with van der Waals surface area (Å²) in [5.74, 6) is 0. The molecule has 0 heteroatoms. The van der Waals surface area contributed by atoms with E-state index in [0.717, 1.165) is 10.8 Å². The van der Waals surface area contributed by atoms with Crippen LogP contribution in [0.25, 0.3) is 0 Å². The molecule has 3 aliphatic carbocycles. The fourth-order valence-corrected chi connectivity index (χ4v) is 3.43. The van der Waals surface area contributed by atoms with E-state index in [1.165, 1.54) is 38.5 Å². The van der Waals surface area contributed by atoms with Crippen molar-refractivity contribution < 1.29 is 0 Å². The molecule has 0 heterocycles. The van der Waals surface area contributed by atoms with Crippen LogP contribution in [0.1, 0.15) is 52.4 Å². The maximum Gasteiger partial charge on any atom is -0.0290 e. The first-order valence-corrected chi connectivity index (χ1v) is 4.68. The lowest BCUT2D eigenvalue weighted by Gasteiger charge is -2.59. The van der Waals surface area contributed by atoms with Gasteiger partial charge in [-0.1, -0.05) is 26.7 Å². The van der Waals surface area contributed by atoms with Gasteiger partial charge in [0.15, 0.2) is 0 Å². The summed E-state index contributed by atoms with van der Waals surface area (Å²) >= 11 is 0. The largest absolute Gasteiger partial charge is 0.0649 e. The normalized spacial score (nSPS) is 52.2. The first-order valence-electron chi connectivity index (χ1n) is 4.68. The summed E-state index contributed by atoms with van der Waals surface area (Å²) in [5.41, 5.74) is 1.61. The van der Waals surface area contributed by atoms with Crippen LogP contribution >= 0.6 is 0 Å². The van der Waals surface area contributed by atoms with Gasteiger partial charge in [-0.15, -0.1) is 0 Å². The lowest BCUT2D eigenvalue weighted by atomic mass is 9.46. The van der Waals surface area contributed by atoms with E-state index in [9.17, 15) is 0 Å². The maximum atomic E-state index is 2.47. The standard InChI is InChI=1S/C10H18/c1-3-10-6-4-5-9(2,7-10)8-10/h3-8H2,1-2H3. The van der Waals surface area contributed by atoms with Crippen LogP contribution in [0.5, 0.6) is 0 Å². The van der Waals surface area contributed by atoms with Crippen molar-refractivity contribution >= 4 is 0 Å². The van der Waals surface area contributed by atoms with Crippen LogP contribution < -0.4 is 0 Å². The molecule has 10 heavy (non-hydrogen) atoms. The molecule has 0 saturated heterocycles. The second-order valence-corrected chi connectivity index (χ2v) is 4.87. The van der Waals surface area contributed by atoms with E-state index in [1.54, 1.807) is 0 Å². The predicted octanol–water partition coefficient (Wildman–Crippen LogP) is 3.37. The van der Waals surface area contributed by atoms with Crippen molar-refractivity contribution in [3.05, 3.63) is 0 Å². The zero-order valence-electron chi connectivity index (χ0n) is 7.24. The van der Waals surface area contributed by atoms with Gasteiger partial charge in [-0.05, 0) is 36.5 Å². The molecular weight excluding hydrogens is 120 g/mol. The average Bonchev–Trinajstić information content (AvgIpc) is 1.86. The highest BCUT2D eigenvalue weighted by Gasteiger charge is 2.52. The van der Waals surface area contributed by atoms with Gasteiger partial charge in [-0.3, -0.25) is 0 Å². The smallest absolute Gasteiger partial charge is 0.0290 e. The lowest BCUT2D eigenvalue weighted by Crippen LogP contribution is -2.48. The molecule has 0 nitrogen and oxygen atoms in total. The monoisotopic (exact) mass is 138 g/mol. The van der Waals surface area contributed by atoms with Crippen molar-refractivity contribution in [2.75, 3.05) is 0 Å². The van der Waals surface area contributed by atoms with Crippen LogP contribution in [0.15, 0.2) is 0 Å². The number of rotatable bonds is 1. The molecule has 0 atom stereocenters. The minimum absolute atomic E-state index is 0.786. The van der Waals surface area contributed by atoms with Crippen molar-refractivity contribution in [3.63, 3.8) is 0 Å². The molecule has 0 unspecified atom stereocenters. The highest BCUT2D eigenvalue weighted by Crippen LogP contribution is 2.64. The molecule has 0 aliphatic heterocycles. The average molecular weight is 138 g/mol. The van der Waals surface area contributed by atoms with Crippen LogP contribution in [-0.4, -0.2) is 0 Å². The molecule has 0 aromatic heterocycles. The molecule has 3 saturated carbocycles. The van der Waals surface area contributed by atoms with E-state index in [4.69, 9.17) is 0 Å². The van der Waals surface area contributed by atoms with E-state index in [0.29, 0.717) is 0 Å². The second-order valence-electron chi connectivity index (χ2n) is 4.87. The van der Waals surface area contributed by atoms with Crippen LogP contribution in [0, 0.1) is 10.8 Å². The van der Waals surface area contributed by atoms with Crippen LogP contribution in [-0.2, 0) is 0 Å². The lowest BCUT2D eigenvalue weighted by molar-refractivity contribution is -0.0830. The van der Waals surface area contributed by atoms with Crippen LogP contribution in [0.3, 0.4) is 0 Å². The fraction of sp³-hybridized carbons (Fsp3) is 1.00. The van der Waals surface area contributed by atoms with E-state index >= 15 is 0 Å². The Balaban J connectivity index is 2.08. The summed E-state index contributed by atoms with van der Waals surface area (Å²) in [6.45, 7) is 4.84. The van der Waals surface area contributed by atoms with Gasteiger partial charge in [-0.25, -0.2) is 0 Å². The van der Waals surface area contributed by atoms with E-state index < -0.39 is 0 Å². The fourth-order valence-electron chi connectivity index (χ4n) is 3.43. The minimum atomic E-state index is 0.786.